The Kier molecular flexibility index (Phi) is 3.91. The lowest BCUT2D eigenvalue weighted by molar-refractivity contribution is -0.136. The van der Waals surface area contributed by atoms with Gasteiger partial charge in [-0.25, -0.2) is 19.2 Å². The van der Waals surface area contributed by atoms with Crippen LogP contribution in [0.3, 0.4) is 0 Å². The molecule has 0 fully saturated rings. The van der Waals surface area contributed by atoms with E-state index in [9.17, 15) is 18.0 Å². The first kappa shape index (κ1) is 18.3. The number of pyridine rings is 1. The fraction of sp³-hybridized carbons (Fsp3) is 0.278. The lowest BCUT2D eigenvalue weighted by Crippen LogP contribution is -2.42. The highest BCUT2D eigenvalue weighted by molar-refractivity contribution is 5.91. The molecule has 30 heavy (non-hydrogen) atoms. The normalized spacial score (nSPS) is 16.8. The molecule has 154 valence electrons. The topological polar surface area (TPSA) is 97.0 Å². The van der Waals surface area contributed by atoms with Crippen molar-refractivity contribution >= 4 is 11.4 Å². The van der Waals surface area contributed by atoms with Gasteiger partial charge in [-0.1, -0.05) is 0 Å². The van der Waals surface area contributed by atoms with Crippen LogP contribution in [0, 0.1) is 0 Å². The largest absolute Gasteiger partial charge is 0.418 e. The number of rotatable bonds is 2. The van der Waals surface area contributed by atoms with E-state index in [0.29, 0.717) is 18.7 Å². The summed E-state index contributed by atoms with van der Waals surface area (Å²) in [6.07, 6.45) is 0.212. The van der Waals surface area contributed by atoms with Crippen molar-refractivity contribution in [3.8, 4) is 0 Å². The second kappa shape index (κ2) is 6.40. The number of carbonyl (C=O) groups is 1. The highest BCUT2D eigenvalue weighted by Gasteiger charge is 2.39. The molecular formula is C18H15F3N8O. The molecule has 12 heteroatoms. The number of carbonyl (C=O) groups excluding carboxylic acids is 1. The molecule has 5 rings (SSSR count). The molecule has 0 unspecified atom stereocenters. The van der Waals surface area contributed by atoms with Crippen LogP contribution in [0.1, 0.15) is 39.3 Å². The summed E-state index contributed by atoms with van der Waals surface area (Å²) in [7, 11) is 1.60. The Balaban J connectivity index is 1.66. The van der Waals surface area contributed by atoms with Gasteiger partial charge in [0, 0.05) is 31.9 Å². The minimum absolute atomic E-state index is 0.0892. The summed E-state index contributed by atoms with van der Waals surface area (Å²) >= 11 is 0. The van der Waals surface area contributed by atoms with E-state index >= 15 is 0 Å². The van der Waals surface area contributed by atoms with Crippen molar-refractivity contribution < 1.29 is 18.0 Å². The lowest BCUT2D eigenvalue weighted by atomic mass is 9.99. The number of aromatic amines is 1. The minimum atomic E-state index is -4.53. The number of alkyl halides is 3. The molecule has 4 aromatic heterocycles. The predicted molar refractivity (Wildman–Crippen MR) is 96.4 cm³/mol. The third kappa shape index (κ3) is 2.75. The van der Waals surface area contributed by atoms with Crippen molar-refractivity contribution in [3.05, 3.63) is 65.5 Å². The zero-order valence-electron chi connectivity index (χ0n) is 15.6. The molecule has 0 saturated carbocycles. The fourth-order valence-corrected chi connectivity index (χ4v) is 3.82. The maximum atomic E-state index is 13.5. The number of nitrogens with one attached hydrogen (secondary N) is 1. The van der Waals surface area contributed by atoms with E-state index in [-0.39, 0.29) is 17.0 Å². The maximum absolute atomic E-state index is 13.5. The second-order valence-electron chi connectivity index (χ2n) is 6.94. The first-order chi connectivity index (χ1) is 14.3. The Morgan fingerprint density at radius 1 is 1.30 bits per heavy atom. The number of halogens is 3. The first-order valence-electron chi connectivity index (χ1n) is 9.07. The number of aryl methyl sites for hydroxylation is 1. The second-order valence-corrected chi connectivity index (χ2v) is 6.94. The fourth-order valence-electron chi connectivity index (χ4n) is 3.82. The van der Waals surface area contributed by atoms with E-state index in [2.05, 4.69) is 25.1 Å². The highest BCUT2D eigenvalue weighted by Crippen LogP contribution is 2.37. The molecule has 1 aliphatic heterocycles. The van der Waals surface area contributed by atoms with Crippen molar-refractivity contribution in [1.29, 1.82) is 0 Å². The van der Waals surface area contributed by atoms with E-state index < -0.39 is 23.7 Å². The summed E-state index contributed by atoms with van der Waals surface area (Å²) < 4.78 is 42.9. The summed E-state index contributed by atoms with van der Waals surface area (Å²) in [5.74, 6) is -0.277. The van der Waals surface area contributed by atoms with E-state index in [1.165, 1.54) is 45.1 Å². The van der Waals surface area contributed by atoms with Gasteiger partial charge in [-0.05, 0) is 18.2 Å². The molecule has 1 atom stereocenters. The number of hydrogen-bond acceptors (Lipinski definition) is 5. The number of nitrogens with zero attached hydrogens (tertiary/aromatic N) is 7. The Morgan fingerprint density at radius 2 is 2.13 bits per heavy atom. The summed E-state index contributed by atoms with van der Waals surface area (Å²) in [6.45, 7) is 0.325. The van der Waals surface area contributed by atoms with Gasteiger partial charge in [0.15, 0.2) is 0 Å². The third-order valence-corrected chi connectivity index (χ3v) is 5.19. The van der Waals surface area contributed by atoms with E-state index in [1.54, 1.807) is 7.05 Å². The Hall–Kier alpha value is -3.70. The number of amides is 1. The average Bonchev–Trinajstić information content (AvgIpc) is 3.43. The molecule has 9 nitrogen and oxygen atoms in total. The molecule has 1 aliphatic rings. The smallest absolute Gasteiger partial charge is 0.348 e. The van der Waals surface area contributed by atoms with Crippen LogP contribution in [0.4, 0.5) is 13.2 Å². The Labute approximate surface area is 167 Å². The summed E-state index contributed by atoms with van der Waals surface area (Å²) in [6, 6.07) is 2.89. The van der Waals surface area contributed by atoms with Gasteiger partial charge in [0.1, 0.15) is 12.4 Å². The van der Waals surface area contributed by atoms with Gasteiger partial charge in [0.05, 0.1) is 28.8 Å². The SMILES string of the molecule is Cn1ncnc1C(=O)N1CCc2[nH]cnc2[C@@H]1c1cc2c(C(F)(F)F)cccn2n1. The van der Waals surface area contributed by atoms with Crippen molar-refractivity contribution in [2.45, 2.75) is 18.6 Å². The average molecular weight is 416 g/mol. The predicted octanol–water partition coefficient (Wildman–Crippen LogP) is 1.99. The van der Waals surface area contributed by atoms with E-state index in [1.807, 2.05) is 0 Å². The van der Waals surface area contributed by atoms with Crippen molar-refractivity contribution in [1.82, 2.24) is 39.2 Å². The van der Waals surface area contributed by atoms with Gasteiger partial charge in [0.2, 0.25) is 5.82 Å². The van der Waals surface area contributed by atoms with Crippen LogP contribution in [0.15, 0.2) is 37.1 Å². The van der Waals surface area contributed by atoms with Gasteiger partial charge < -0.3 is 9.88 Å². The Morgan fingerprint density at radius 3 is 2.87 bits per heavy atom. The number of H-pyrrole nitrogens is 1. The van der Waals surface area contributed by atoms with Gasteiger partial charge in [-0.15, -0.1) is 0 Å². The van der Waals surface area contributed by atoms with E-state index in [0.717, 1.165) is 11.8 Å². The number of imidazole rings is 1. The first-order valence-corrected chi connectivity index (χ1v) is 9.07. The molecule has 1 N–H and O–H groups in total. The quantitative estimate of drug-likeness (QED) is 0.539. The molecule has 0 spiro atoms. The molecule has 0 radical (unpaired) electrons. The van der Waals surface area contributed by atoms with Crippen LogP contribution in [0.25, 0.3) is 5.52 Å². The van der Waals surface area contributed by atoms with Crippen LogP contribution in [0.2, 0.25) is 0 Å². The van der Waals surface area contributed by atoms with Crippen molar-refractivity contribution in [2.75, 3.05) is 6.54 Å². The Bertz CT molecular complexity index is 1250. The third-order valence-electron chi connectivity index (χ3n) is 5.19. The van der Waals surface area contributed by atoms with Gasteiger partial charge in [0.25, 0.3) is 5.91 Å². The number of hydrogen-bond donors (Lipinski definition) is 1. The van der Waals surface area contributed by atoms with Crippen LogP contribution in [-0.2, 0) is 19.6 Å². The van der Waals surface area contributed by atoms with E-state index in [4.69, 9.17) is 0 Å². The molecule has 1 amide bonds. The molecule has 5 heterocycles. The summed E-state index contributed by atoms with van der Waals surface area (Å²) in [5, 5.41) is 8.28. The molecular weight excluding hydrogens is 401 g/mol. The molecule has 0 aliphatic carbocycles. The van der Waals surface area contributed by atoms with Gasteiger partial charge in [-0.2, -0.15) is 23.4 Å². The molecule has 0 bridgehead atoms. The molecule has 4 aromatic rings. The van der Waals surface area contributed by atoms with Crippen LogP contribution in [0.5, 0.6) is 0 Å². The van der Waals surface area contributed by atoms with Gasteiger partial charge >= 0.3 is 6.18 Å². The monoisotopic (exact) mass is 416 g/mol. The lowest BCUT2D eigenvalue weighted by Gasteiger charge is -2.33. The molecule has 0 aromatic carbocycles. The minimum Gasteiger partial charge on any atom is -0.348 e. The number of fused-ring (bicyclic) bond motifs is 2. The zero-order valence-corrected chi connectivity index (χ0v) is 15.6. The summed E-state index contributed by atoms with van der Waals surface area (Å²) in [5.41, 5.74) is 0.765. The number of aromatic nitrogens is 7. The van der Waals surface area contributed by atoms with Crippen LogP contribution in [-0.4, -0.2) is 51.7 Å². The zero-order chi connectivity index (χ0) is 21.0. The van der Waals surface area contributed by atoms with Crippen LogP contribution < -0.4 is 0 Å². The maximum Gasteiger partial charge on any atom is 0.418 e. The highest BCUT2D eigenvalue weighted by atomic mass is 19.4. The van der Waals surface area contributed by atoms with Crippen molar-refractivity contribution in [2.24, 2.45) is 7.05 Å². The van der Waals surface area contributed by atoms with Crippen LogP contribution >= 0.6 is 0 Å². The van der Waals surface area contributed by atoms with Crippen molar-refractivity contribution in [3.63, 3.8) is 0 Å². The van der Waals surface area contributed by atoms with Gasteiger partial charge in [-0.3, -0.25) is 4.79 Å². The molecule has 0 saturated heterocycles. The summed E-state index contributed by atoms with van der Waals surface area (Å²) in [4.78, 5) is 26.1. The standard InChI is InChI=1S/C18H15F3N8O/c1-27-16(24-9-25-27)17(30)28-6-4-11-14(23-8-22-11)15(28)12-7-13-10(18(19,20)21)3-2-5-29(13)26-12/h2-3,5,7-9,15H,4,6H2,1H3,(H,22,23)/t15-/m0/s1.